The summed E-state index contributed by atoms with van der Waals surface area (Å²) in [6.45, 7) is 1.42. The largest absolute Gasteiger partial charge is 0.344 e. The van der Waals surface area contributed by atoms with E-state index in [4.69, 9.17) is 5.73 Å². The molecule has 0 aromatic carbocycles. The fourth-order valence-corrected chi connectivity index (χ4v) is 0.965. The summed E-state index contributed by atoms with van der Waals surface area (Å²) in [6.07, 6.45) is 2.21. The topological polar surface area (TPSA) is 89.9 Å². The van der Waals surface area contributed by atoms with Crippen LogP contribution in [0.2, 0.25) is 0 Å². The third-order valence-corrected chi connectivity index (χ3v) is 1.81. The van der Waals surface area contributed by atoms with Gasteiger partial charge in [-0.15, -0.1) is 5.10 Å². The third kappa shape index (κ3) is 3.09. The number of hydrogen-bond acceptors (Lipinski definition) is 5. The van der Waals surface area contributed by atoms with Crippen molar-refractivity contribution in [1.29, 1.82) is 0 Å². The molecule has 0 radical (unpaired) electrons. The van der Waals surface area contributed by atoms with Crippen LogP contribution in [-0.2, 0) is 11.3 Å². The molecule has 1 rings (SSSR count). The second-order valence-electron chi connectivity index (χ2n) is 2.96. The fraction of sp³-hybridized carbons (Fsp3) is 0.714. The zero-order chi connectivity index (χ0) is 10.4. The lowest BCUT2D eigenvalue weighted by atomic mass is 10.4. The standard InChI is InChI=1S/C7H14N6O/c1-12(4-2-3-8)7(14)5-13-6-9-10-11-13/h6H,2-5,8H2,1H3. The number of carbonyl (C=O) groups is 1. The summed E-state index contributed by atoms with van der Waals surface area (Å²) in [6, 6.07) is 0. The van der Waals surface area contributed by atoms with Gasteiger partial charge in [0.25, 0.3) is 0 Å². The quantitative estimate of drug-likeness (QED) is 0.620. The second kappa shape index (κ2) is 5.28. The molecule has 1 aromatic heterocycles. The lowest BCUT2D eigenvalue weighted by Gasteiger charge is -2.15. The summed E-state index contributed by atoms with van der Waals surface area (Å²) >= 11 is 0. The van der Waals surface area contributed by atoms with Crippen LogP contribution in [0, 0.1) is 0 Å². The lowest BCUT2D eigenvalue weighted by Crippen LogP contribution is -2.32. The van der Waals surface area contributed by atoms with E-state index in [0.717, 1.165) is 6.42 Å². The van der Waals surface area contributed by atoms with Crippen LogP contribution >= 0.6 is 0 Å². The van der Waals surface area contributed by atoms with Gasteiger partial charge in [-0.25, -0.2) is 4.68 Å². The molecule has 0 saturated heterocycles. The molecule has 78 valence electrons. The van der Waals surface area contributed by atoms with E-state index in [1.54, 1.807) is 11.9 Å². The molecule has 0 atom stereocenters. The van der Waals surface area contributed by atoms with Crippen LogP contribution in [0.3, 0.4) is 0 Å². The monoisotopic (exact) mass is 198 g/mol. The van der Waals surface area contributed by atoms with Crippen LogP contribution < -0.4 is 5.73 Å². The van der Waals surface area contributed by atoms with Gasteiger partial charge in [0.05, 0.1) is 0 Å². The molecule has 0 fully saturated rings. The third-order valence-electron chi connectivity index (χ3n) is 1.81. The number of rotatable bonds is 5. The molecule has 0 aliphatic carbocycles. The molecule has 0 saturated carbocycles. The zero-order valence-corrected chi connectivity index (χ0v) is 8.13. The Kier molecular flexibility index (Phi) is 3.99. The Morgan fingerprint density at radius 3 is 3.00 bits per heavy atom. The number of nitrogens with zero attached hydrogens (tertiary/aromatic N) is 5. The smallest absolute Gasteiger partial charge is 0.244 e. The second-order valence-corrected chi connectivity index (χ2v) is 2.96. The van der Waals surface area contributed by atoms with Crippen molar-refractivity contribution in [1.82, 2.24) is 25.1 Å². The Morgan fingerprint density at radius 1 is 1.64 bits per heavy atom. The van der Waals surface area contributed by atoms with Crippen molar-refractivity contribution in [2.24, 2.45) is 5.73 Å². The van der Waals surface area contributed by atoms with Crippen molar-refractivity contribution in [3.8, 4) is 0 Å². The molecule has 14 heavy (non-hydrogen) atoms. The van der Waals surface area contributed by atoms with Crippen LogP contribution in [-0.4, -0.2) is 51.2 Å². The predicted octanol–water partition coefficient (Wildman–Crippen LogP) is -1.52. The Labute approximate surface area is 81.9 Å². The minimum absolute atomic E-state index is 0.0225. The number of tetrazole rings is 1. The molecule has 0 unspecified atom stereocenters. The van der Waals surface area contributed by atoms with E-state index >= 15 is 0 Å². The summed E-state index contributed by atoms with van der Waals surface area (Å²) in [7, 11) is 1.74. The first-order chi connectivity index (χ1) is 6.74. The number of hydrogen-bond donors (Lipinski definition) is 1. The van der Waals surface area contributed by atoms with Gasteiger partial charge < -0.3 is 10.6 Å². The first-order valence-electron chi connectivity index (χ1n) is 4.39. The SMILES string of the molecule is CN(CCCN)C(=O)Cn1cnnn1. The normalized spacial score (nSPS) is 10.1. The molecule has 1 amide bonds. The molecule has 2 N–H and O–H groups in total. The van der Waals surface area contributed by atoms with E-state index in [1.165, 1.54) is 11.0 Å². The highest BCUT2D eigenvalue weighted by atomic mass is 16.2. The van der Waals surface area contributed by atoms with Gasteiger partial charge in [0.1, 0.15) is 12.9 Å². The highest BCUT2D eigenvalue weighted by Crippen LogP contribution is 1.90. The van der Waals surface area contributed by atoms with Crippen LogP contribution in [0.1, 0.15) is 6.42 Å². The van der Waals surface area contributed by atoms with Crippen molar-refractivity contribution >= 4 is 5.91 Å². The van der Waals surface area contributed by atoms with Crippen molar-refractivity contribution in [3.63, 3.8) is 0 Å². The van der Waals surface area contributed by atoms with Gasteiger partial charge in [-0.2, -0.15) is 0 Å². The molecule has 7 nitrogen and oxygen atoms in total. The molecule has 0 bridgehead atoms. The van der Waals surface area contributed by atoms with Crippen molar-refractivity contribution in [2.45, 2.75) is 13.0 Å². The van der Waals surface area contributed by atoms with Gasteiger partial charge >= 0.3 is 0 Å². The Morgan fingerprint density at radius 2 is 2.43 bits per heavy atom. The van der Waals surface area contributed by atoms with Gasteiger partial charge in [0.15, 0.2) is 0 Å². The molecule has 0 spiro atoms. The predicted molar refractivity (Wildman–Crippen MR) is 49.1 cm³/mol. The molecule has 0 aliphatic rings. The average molecular weight is 198 g/mol. The van der Waals surface area contributed by atoms with Crippen molar-refractivity contribution < 1.29 is 4.79 Å². The van der Waals surface area contributed by atoms with Gasteiger partial charge in [0.2, 0.25) is 5.91 Å². The van der Waals surface area contributed by atoms with Crippen molar-refractivity contribution in [2.75, 3.05) is 20.1 Å². The minimum atomic E-state index is -0.0225. The maximum absolute atomic E-state index is 11.5. The Hall–Kier alpha value is -1.50. The van der Waals surface area contributed by atoms with Gasteiger partial charge in [0, 0.05) is 13.6 Å². The minimum Gasteiger partial charge on any atom is -0.344 e. The summed E-state index contributed by atoms with van der Waals surface area (Å²) in [4.78, 5) is 13.1. The number of amides is 1. The molecular formula is C7H14N6O. The van der Waals surface area contributed by atoms with E-state index in [9.17, 15) is 4.79 Å². The molecule has 1 heterocycles. The Balaban J connectivity index is 2.34. The van der Waals surface area contributed by atoms with Gasteiger partial charge in [-0.05, 0) is 23.4 Å². The van der Waals surface area contributed by atoms with Crippen LogP contribution in [0.5, 0.6) is 0 Å². The molecule has 7 heteroatoms. The summed E-state index contributed by atoms with van der Waals surface area (Å²) in [5, 5.41) is 10.5. The first kappa shape index (κ1) is 10.6. The number of carbonyl (C=O) groups excluding carboxylic acids is 1. The first-order valence-corrected chi connectivity index (χ1v) is 4.39. The van der Waals surface area contributed by atoms with Crippen LogP contribution in [0.15, 0.2) is 6.33 Å². The van der Waals surface area contributed by atoms with E-state index in [2.05, 4.69) is 15.5 Å². The van der Waals surface area contributed by atoms with E-state index < -0.39 is 0 Å². The number of nitrogens with two attached hydrogens (primary N) is 1. The van der Waals surface area contributed by atoms with E-state index in [0.29, 0.717) is 13.1 Å². The highest BCUT2D eigenvalue weighted by Gasteiger charge is 2.08. The summed E-state index contributed by atoms with van der Waals surface area (Å²) in [5.41, 5.74) is 5.34. The van der Waals surface area contributed by atoms with E-state index in [-0.39, 0.29) is 12.5 Å². The highest BCUT2D eigenvalue weighted by molar-refractivity contribution is 5.75. The van der Waals surface area contributed by atoms with E-state index in [1.807, 2.05) is 0 Å². The molecular weight excluding hydrogens is 184 g/mol. The van der Waals surface area contributed by atoms with Crippen LogP contribution in [0.25, 0.3) is 0 Å². The van der Waals surface area contributed by atoms with Crippen molar-refractivity contribution in [3.05, 3.63) is 6.33 Å². The summed E-state index contributed by atoms with van der Waals surface area (Å²) in [5.74, 6) is -0.0225. The Bertz CT molecular complexity index is 272. The fourth-order valence-electron chi connectivity index (χ4n) is 0.965. The summed E-state index contributed by atoms with van der Waals surface area (Å²) < 4.78 is 1.39. The number of aromatic nitrogens is 4. The number of likely N-dealkylation sites (N-methyl/N-ethyl adjacent to an activating group) is 1. The maximum Gasteiger partial charge on any atom is 0.244 e. The maximum atomic E-state index is 11.5. The van der Waals surface area contributed by atoms with Gasteiger partial charge in [-0.1, -0.05) is 0 Å². The van der Waals surface area contributed by atoms with Gasteiger partial charge in [-0.3, -0.25) is 4.79 Å². The lowest BCUT2D eigenvalue weighted by molar-refractivity contribution is -0.130. The molecule has 0 aliphatic heterocycles. The molecule has 1 aromatic rings. The zero-order valence-electron chi connectivity index (χ0n) is 8.13. The average Bonchev–Trinajstić information content (AvgIpc) is 2.66. The van der Waals surface area contributed by atoms with Crippen LogP contribution in [0.4, 0.5) is 0 Å².